The zero-order chi connectivity index (χ0) is 12.5. The molecule has 0 saturated carbocycles. The van der Waals surface area contributed by atoms with Crippen molar-refractivity contribution >= 4 is 23.3 Å². The fourth-order valence-corrected chi connectivity index (χ4v) is 2.61. The number of aromatic amines is 1. The molecule has 1 atom stereocenters. The number of imidazole rings is 1. The Morgan fingerprint density at radius 2 is 2.00 bits per heavy atom. The van der Waals surface area contributed by atoms with Crippen molar-refractivity contribution in [2.75, 3.05) is 0 Å². The first-order valence-electron chi connectivity index (χ1n) is 5.86. The molecule has 3 nitrogen and oxygen atoms in total. The molecule has 0 aliphatic heterocycles. The molecule has 0 saturated heterocycles. The smallest absolute Gasteiger partial charge is 0.178 e. The van der Waals surface area contributed by atoms with Crippen molar-refractivity contribution in [2.24, 2.45) is 0 Å². The molecule has 0 aliphatic rings. The van der Waals surface area contributed by atoms with Crippen molar-refractivity contribution < 1.29 is 0 Å². The maximum Gasteiger partial charge on any atom is 0.178 e. The van der Waals surface area contributed by atoms with Crippen LogP contribution in [0.4, 0.5) is 0 Å². The van der Waals surface area contributed by atoms with Gasteiger partial charge >= 0.3 is 0 Å². The number of benzene rings is 1. The highest BCUT2D eigenvalue weighted by Gasteiger charge is 2.12. The minimum Gasteiger partial charge on any atom is -0.329 e. The van der Waals surface area contributed by atoms with Crippen LogP contribution in [0, 0.1) is 4.77 Å². The molecule has 0 radical (unpaired) electrons. The van der Waals surface area contributed by atoms with Crippen LogP contribution in [-0.4, -0.2) is 14.5 Å². The molecule has 90 valence electrons. The van der Waals surface area contributed by atoms with Crippen LogP contribution >= 0.6 is 12.2 Å². The maximum absolute atomic E-state index is 5.41. The van der Waals surface area contributed by atoms with Gasteiger partial charge in [-0.05, 0) is 30.8 Å². The minimum atomic E-state index is 0.204. The van der Waals surface area contributed by atoms with Gasteiger partial charge in [-0.1, -0.05) is 30.3 Å². The first-order chi connectivity index (χ1) is 8.77. The van der Waals surface area contributed by atoms with Gasteiger partial charge in [-0.2, -0.15) is 0 Å². The molecule has 1 N–H and O–H groups in total. The normalized spacial score (nSPS) is 12.7. The lowest BCUT2D eigenvalue weighted by molar-refractivity contribution is 0.649. The molecule has 1 aromatic carbocycles. The fourth-order valence-electron chi connectivity index (χ4n) is 2.24. The number of fused-ring (bicyclic) bond motifs is 1. The molecule has 0 aliphatic carbocycles. The monoisotopic (exact) mass is 255 g/mol. The standard InChI is InChI=1S/C14H13N3S/c1-10(11-5-3-2-4-6-11)17-13-7-8-15-9-12(13)16-14(17)18/h2-10H,1H3,(H,16,18). The van der Waals surface area contributed by atoms with Gasteiger partial charge in [0, 0.05) is 6.20 Å². The van der Waals surface area contributed by atoms with Crippen LogP contribution in [0.25, 0.3) is 11.0 Å². The second-order valence-electron chi connectivity index (χ2n) is 4.28. The zero-order valence-electron chi connectivity index (χ0n) is 10.00. The molecular weight excluding hydrogens is 242 g/mol. The number of nitrogens with one attached hydrogen (secondary N) is 1. The van der Waals surface area contributed by atoms with Gasteiger partial charge in [-0.15, -0.1) is 0 Å². The maximum atomic E-state index is 5.41. The van der Waals surface area contributed by atoms with Crippen LogP contribution in [-0.2, 0) is 0 Å². The number of H-pyrrole nitrogens is 1. The average Bonchev–Trinajstić information content (AvgIpc) is 2.75. The van der Waals surface area contributed by atoms with E-state index in [1.165, 1.54) is 5.56 Å². The Kier molecular flexibility index (Phi) is 2.72. The largest absolute Gasteiger partial charge is 0.329 e. The van der Waals surface area contributed by atoms with Crippen LogP contribution in [0.2, 0.25) is 0 Å². The van der Waals surface area contributed by atoms with Crippen molar-refractivity contribution in [2.45, 2.75) is 13.0 Å². The first kappa shape index (κ1) is 11.2. The molecule has 0 amide bonds. The molecular formula is C14H13N3S. The van der Waals surface area contributed by atoms with E-state index in [2.05, 4.69) is 33.6 Å². The van der Waals surface area contributed by atoms with E-state index in [1.54, 1.807) is 12.4 Å². The lowest BCUT2D eigenvalue weighted by atomic mass is 10.1. The quantitative estimate of drug-likeness (QED) is 0.708. The average molecular weight is 255 g/mol. The second-order valence-corrected chi connectivity index (χ2v) is 4.67. The summed E-state index contributed by atoms with van der Waals surface area (Å²) in [7, 11) is 0. The predicted molar refractivity (Wildman–Crippen MR) is 75.2 cm³/mol. The van der Waals surface area contributed by atoms with E-state index in [4.69, 9.17) is 12.2 Å². The summed E-state index contributed by atoms with van der Waals surface area (Å²) in [5.41, 5.74) is 3.31. The van der Waals surface area contributed by atoms with Crippen LogP contribution < -0.4 is 0 Å². The zero-order valence-corrected chi connectivity index (χ0v) is 10.8. The lowest BCUT2D eigenvalue weighted by Gasteiger charge is -2.14. The summed E-state index contributed by atoms with van der Waals surface area (Å²) in [6, 6.07) is 12.5. The SMILES string of the molecule is CC(c1ccccc1)n1c(=S)[nH]c2cnccc21. The van der Waals surface area contributed by atoms with Gasteiger partial charge in [0.25, 0.3) is 0 Å². The highest BCUT2D eigenvalue weighted by atomic mass is 32.1. The number of pyridine rings is 1. The fraction of sp³-hybridized carbons (Fsp3) is 0.143. The summed E-state index contributed by atoms with van der Waals surface area (Å²) < 4.78 is 2.86. The van der Waals surface area contributed by atoms with E-state index in [0.29, 0.717) is 0 Å². The summed E-state index contributed by atoms with van der Waals surface area (Å²) in [6.45, 7) is 2.15. The van der Waals surface area contributed by atoms with Gasteiger partial charge in [0.05, 0.1) is 23.3 Å². The lowest BCUT2D eigenvalue weighted by Crippen LogP contribution is -2.06. The van der Waals surface area contributed by atoms with Crippen molar-refractivity contribution in [3.05, 3.63) is 59.1 Å². The molecule has 2 aromatic heterocycles. The van der Waals surface area contributed by atoms with Crippen LogP contribution in [0.5, 0.6) is 0 Å². The summed E-state index contributed by atoms with van der Waals surface area (Å²) in [5.74, 6) is 0. The molecule has 3 rings (SSSR count). The third-order valence-electron chi connectivity index (χ3n) is 3.19. The van der Waals surface area contributed by atoms with Gasteiger partial charge in [0.1, 0.15) is 0 Å². The second kappa shape index (κ2) is 4.38. The molecule has 18 heavy (non-hydrogen) atoms. The van der Waals surface area contributed by atoms with E-state index in [9.17, 15) is 0 Å². The summed E-state index contributed by atoms with van der Waals surface area (Å²) in [5, 5.41) is 0. The van der Waals surface area contributed by atoms with Crippen molar-refractivity contribution in [3.8, 4) is 0 Å². The Hall–Kier alpha value is -1.94. The van der Waals surface area contributed by atoms with E-state index in [1.807, 2.05) is 24.3 Å². The number of aromatic nitrogens is 3. The Bertz CT molecular complexity index is 727. The summed E-state index contributed by atoms with van der Waals surface area (Å²) in [4.78, 5) is 7.30. The third kappa shape index (κ3) is 1.75. The van der Waals surface area contributed by atoms with Crippen molar-refractivity contribution in [3.63, 3.8) is 0 Å². The van der Waals surface area contributed by atoms with Gasteiger partial charge in [-0.3, -0.25) is 4.98 Å². The number of hydrogen-bond acceptors (Lipinski definition) is 2. The van der Waals surface area contributed by atoms with E-state index < -0.39 is 0 Å². The van der Waals surface area contributed by atoms with Gasteiger partial charge in [0.2, 0.25) is 0 Å². The molecule has 0 fully saturated rings. The minimum absolute atomic E-state index is 0.204. The number of rotatable bonds is 2. The van der Waals surface area contributed by atoms with E-state index in [0.717, 1.165) is 15.8 Å². The van der Waals surface area contributed by atoms with Crippen LogP contribution in [0.15, 0.2) is 48.8 Å². The van der Waals surface area contributed by atoms with Gasteiger partial charge < -0.3 is 9.55 Å². The highest BCUT2D eigenvalue weighted by Crippen LogP contribution is 2.23. The first-order valence-corrected chi connectivity index (χ1v) is 6.27. The summed E-state index contributed by atoms with van der Waals surface area (Å²) in [6.07, 6.45) is 3.60. The topological polar surface area (TPSA) is 33.6 Å². The van der Waals surface area contributed by atoms with E-state index >= 15 is 0 Å². The van der Waals surface area contributed by atoms with Crippen LogP contribution in [0.1, 0.15) is 18.5 Å². The van der Waals surface area contributed by atoms with E-state index in [-0.39, 0.29) is 6.04 Å². The molecule has 2 heterocycles. The number of nitrogens with zero attached hydrogens (tertiary/aromatic N) is 2. The molecule has 3 aromatic rings. The van der Waals surface area contributed by atoms with Gasteiger partial charge in [-0.25, -0.2) is 0 Å². The molecule has 0 spiro atoms. The van der Waals surface area contributed by atoms with Crippen LogP contribution in [0.3, 0.4) is 0 Å². The predicted octanol–water partition coefficient (Wildman–Crippen LogP) is 3.70. The Labute approximate surface area is 110 Å². The Morgan fingerprint density at radius 3 is 2.78 bits per heavy atom. The van der Waals surface area contributed by atoms with Crippen molar-refractivity contribution in [1.29, 1.82) is 0 Å². The Morgan fingerprint density at radius 1 is 1.22 bits per heavy atom. The number of hydrogen-bond donors (Lipinski definition) is 1. The molecule has 0 bridgehead atoms. The van der Waals surface area contributed by atoms with Gasteiger partial charge in [0.15, 0.2) is 4.77 Å². The molecule has 4 heteroatoms. The summed E-state index contributed by atoms with van der Waals surface area (Å²) >= 11 is 5.41. The molecule has 1 unspecified atom stereocenters. The highest BCUT2D eigenvalue weighted by molar-refractivity contribution is 7.71. The third-order valence-corrected chi connectivity index (χ3v) is 3.49. The van der Waals surface area contributed by atoms with Crippen molar-refractivity contribution in [1.82, 2.24) is 14.5 Å². The Balaban J connectivity index is 2.20.